The largest absolute Gasteiger partial charge is 0.369 e. The van der Waals surface area contributed by atoms with E-state index in [0.29, 0.717) is 0 Å². The molecule has 88 valence electrons. The van der Waals surface area contributed by atoms with Crippen molar-refractivity contribution in [1.29, 1.82) is 0 Å². The van der Waals surface area contributed by atoms with Crippen LogP contribution in [0.4, 0.5) is 0 Å². The highest BCUT2D eigenvalue weighted by molar-refractivity contribution is 5.76. The Bertz CT molecular complexity index is 375. The summed E-state index contributed by atoms with van der Waals surface area (Å²) >= 11 is 0. The first-order chi connectivity index (χ1) is 7.66. The number of aryl methyl sites for hydroxylation is 1. The number of hydrogen-bond donors (Lipinski definition) is 2. The van der Waals surface area contributed by atoms with E-state index in [1.165, 1.54) is 0 Å². The molecule has 2 rings (SSSR count). The van der Waals surface area contributed by atoms with E-state index in [4.69, 9.17) is 5.73 Å². The van der Waals surface area contributed by atoms with Crippen molar-refractivity contribution in [3.05, 3.63) is 11.6 Å². The number of amides is 1. The zero-order chi connectivity index (χ0) is 11.5. The molecule has 0 aromatic carbocycles. The molecule has 6 nitrogen and oxygen atoms in total. The standard InChI is InChI=1S/C10H17N5O/c1-7-12-10(14-13-7)8-4-2-3-5-15(8)6-9(11)16/h8H,2-6H2,1H3,(H2,11,16)(H,12,13,14). The van der Waals surface area contributed by atoms with E-state index in [-0.39, 0.29) is 18.5 Å². The Labute approximate surface area is 94.2 Å². The second kappa shape index (κ2) is 4.61. The third kappa shape index (κ3) is 2.38. The van der Waals surface area contributed by atoms with Gasteiger partial charge >= 0.3 is 0 Å². The summed E-state index contributed by atoms with van der Waals surface area (Å²) in [6, 6.07) is 0.131. The topological polar surface area (TPSA) is 87.9 Å². The van der Waals surface area contributed by atoms with Crippen LogP contribution in [-0.2, 0) is 4.79 Å². The fraction of sp³-hybridized carbons (Fsp3) is 0.700. The van der Waals surface area contributed by atoms with E-state index in [9.17, 15) is 4.79 Å². The lowest BCUT2D eigenvalue weighted by atomic mass is 10.0. The average molecular weight is 223 g/mol. The number of piperidine rings is 1. The Balaban J connectivity index is 2.12. The molecular formula is C10H17N5O. The van der Waals surface area contributed by atoms with Crippen molar-refractivity contribution in [2.24, 2.45) is 5.73 Å². The molecule has 0 spiro atoms. The van der Waals surface area contributed by atoms with E-state index in [0.717, 1.165) is 37.5 Å². The van der Waals surface area contributed by atoms with Crippen LogP contribution in [0.15, 0.2) is 0 Å². The van der Waals surface area contributed by atoms with Crippen molar-refractivity contribution >= 4 is 5.91 Å². The lowest BCUT2D eigenvalue weighted by Crippen LogP contribution is -2.40. The van der Waals surface area contributed by atoms with Gasteiger partial charge in [0.2, 0.25) is 5.91 Å². The van der Waals surface area contributed by atoms with Crippen LogP contribution in [0, 0.1) is 6.92 Å². The van der Waals surface area contributed by atoms with Gasteiger partial charge in [-0.2, -0.15) is 5.10 Å². The maximum absolute atomic E-state index is 11.0. The Morgan fingerprint density at radius 2 is 2.44 bits per heavy atom. The van der Waals surface area contributed by atoms with Crippen LogP contribution in [0.3, 0.4) is 0 Å². The third-order valence-electron chi connectivity index (χ3n) is 2.89. The summed E-state index contributed by atoms with van der Waals surface area (Å²) in [4.78, 5) is 17.4. The Kier molecular flexibility index (Phi) is 3.19. The molecule has 1 atom stereocenters. The van der Waals surface area contributed by atoms with Gasteiger partial charge in [0, 0.05) is 0 Å². The first-order valence-electron chi connectivity index (χ1n) is 5.58. The van der Waals surface area contributed by atoms with Crippen LogP contribution >= 0.6 is 0 Å². The SMILES string of the molecule is Cc1nc(C2CCCCN2CC(N)=O)n[nH]1. The highest BCUT2D eigenvalue weighted by atomic mass is 16.1. The minimum atomic E-state index is -0.292. The zero-order valence-electron chi connectivity index (χ0n) is 9.44. The van der Waals surface area contributed by atoms with Crippen molar-refractivity contribution < 1.29 is 4.79 Å². The van der Waals surface area contributed by atoms with E-state index in [1.54, 1.807) is 0 Å². The molecule has 2 heterocycles. The number of nitrogens with one attached hydrogen (secondary N) is 1. The van der Waals surface area contributed by atoms with Gasteiger partial charge in [-0.05, 0) is 26.3 Å². The Morgan fingerprint density at radius 3 is 3.06 bits per heavy atom. The molecule has 1 unspecified atom stereocenters. The van der Waals surface area contributed by atoms with Crippen LogP contribution in [-0.4, -0.2) is 39.1 Å². The second-order valence-corrected chi connectivity index (χ2v) is 4.23. The maximum atomic E-state index is 11.0. The Morgan fingerprint density at radius 1 is 1.62 bits per heavy atom. The van der Waals surface area contributed by atoms with Crippen molar-refractivity contribution in [3.8, 4) is 0 Å². The molecule has 3 N–H and O–H groups in total. The number of nitrogens with zero attached hydrogens (tertiary/aromatic N) is 3. The number of primary amides is 1. The van der Waals surface area contributed by atoms with Crippen LogP contribution in [0.2, 0.25) is 0 Å². The number of aromatic amines is 1. The molecular weight excluding hydrogens is 206 g/mol. The highest BCUT2D eigenvalue weighted by Gasteiger charge is 2.27. The lowest BCUT2D eigenvalue weighted by Gasteiger charge is -2.32. The monoisotopic (exact) mass is 223 g/mol. The third-order valence-corrected chi connectivity index (χ3v) is 2.89. The lowest BCUT2D eigenvalue weighted by molar-refractivity contribution is -0.120. The molecule has 1 fully saturated rings. The first kappa shape index (κ1) is 11.1. The summed E-state index contributed by atoms with van der Waals surface area (Å²) in [5.41, 5.74) is 5.24. The van der Waals surface area contributed by atoms with Crippen molar-refractivity contribution in [2.75, 3.05) is 13.1 Å². The quantitative estimate of drug-likeness (QED) is 0.762. The normalized spacial score (nSPS) is 22.2. The summed E-state index contributed by atoms with van der Waals surface area (Å²) < 4.78 is 0. The molecule has 1 aromatic heterocycles. The molecule has 1 aromatic rings. The molecule has 16 heavy (non-hydrogen) atoms. The number of carbonyl (C=O) groups is 1. The molecule has 0 bridgehead atoms. The summed E-state index contributed by atoms with van der Waals surface area (Å²) in [5.74, 6) is 1.29. The second-order valence-electron chi connectivity index (χ2n) is 4.23. The number of H-pyrrole nitrogens is 1. The molecule has 1 aliphatic heterocycles. The summed E-state index contributed by atoms with van der Waals surface area (Å²) in [6.07, 6.45) is 3.24. The molecule has 6 heteroatoms. The van der Waals surface area contributed by atoms with Gasteiger partial charge in [-0.3, -0.25) is 14.8 Å². The van der Waals surface area contributed by atoms with Gasteiger partial charge in [-0.25, -0.2) is 4.98 Å². The predicted molar refractivity (Wildman–Crippen MR) is 58.5 cm³/mol. The maximum Gasteiger partial charge on any atom is 0.231 e. The summed E-state index contributed by atoms with van der Waals surface area (Å²) in [6.45, 7) is 3.05. The van der Waals surface area contributed by atoms with E-state index in [1.807, 2.05) is 6.92 Å². The summed E-state index contributed by atoms with van der Waals surface area (Å²) in [5, 5.41) is 7.00. The first-order valence-corrected chi connectivity index (χ1v) is 5.58. The van der Waals surface area contributed by atoms with E-state index in [2.05, 4.69) is 20.1 Å². The predicted octanol–water partition coefficient (Wildman–Crippen LogP) is 0.125. The molecule has 1 saturated heterocycles. The Hall–Kier alpha value is -1.43. The molecule has 1 aliphatic rings. The number of aromatic nitrogens is 3. The molecule has 0 aliphatic carbocycles. The van der Waals surface area contributed by atoms with Crippen LogP contribution in [0.5, 0.6) is 0 Å². The van der Waals surface area contributed by atoms with Gasteiger partial charge in [-0.1, -0.05) is 6.42 Å². The summed E-state index contributed by atoms with van der Waals surface area (Å²) in [7, 11) is 0. The minimum Gasteiger partial charge on any atom is -0.369 e. The van der Waals surface area contributed by atoms with Gasteiger partial charge in [0.25, 0.3) is 0 Å². The minimum absolute atomic E-state index is 0.131. The molecule has 1 amide bonds. The van der Waals surface area contributed by atoms with Crippen molar-refractivity contribution in [2.45, 2.75) is 32.2 Å². The fourth-order valence-electron chi connectivity index (χ4n) is 2.18. The van der Waals surface area contributed by atoms with Crippen LogP contribution in [0.1, 0.15) is 37.0 Å². The highest BCUT2D eigenvalue weighted by Crippen LogP contribution is 2.28. The zero-order valence-corrected chi connectivity index (χ0v) is 9.44. The number of hydrogen-bond acceptors (Lipinski definition) is 4. The van der Waals surface area contributed by atoms with Crippen molar-refractivity contribution in [1.82, 2.24) is 20.1 Å². The number of nitrogens with two attached hydrogens (primary N) is 1. The van der Waals surface area contributed by atoms with Crippen LogP contribution in [0.25, 0.3) is 0 Å². The number of likely N-dealkylation sites (tertiary alicyclic amines) is 1. The van der Waals surface area contributed by atoms with Gasteiger partial charge in [0.15, 0.2) is 5.82 Å². The molecule has 0 saturated carbocycles. The fourth-order valence-corrected chi connectivity index (χ4v) is 2.18. The van der Waals surface area contributed by atoms with Gasteiger partial charge < -0.3 is 5.73 Å². The van der Waals surface area contributed by atoms with Crippen molar-refractivity contribution in [3.63, 3.8) is 0 Å². The van der Waals surface area contributed by atoms with Gasteiger partial charge in [-0.15, -0.1) is 0 Å². The number of carbonyl (C=O) groups excluding carboxylic acids is 1. The number of rotatable bonds is 3. The van der Waals surface area contributed by atoms with E-state index >= 15 is 0 Å². The average Bonchev–Trinajstić information content (AvgIpc) is 2.65. The van der Waals surface area contributed by atoms with Crippen LogP contribution < -0.4 is 5.73 Å². The smallest absolute Gasteiger partial charge is 0.231 e. The van der Waals surface area contributed by atoms with Gasteiger partial charge in [0.1, 0.15) is 5.82 Å². The van der Waals surface area contributed by atoms with Gasteiger partial charge in [0.05, 0.1) is 12.6 Å². The molecule has 0 radical (unpaired) electrons. The van der Waals surface area contributed by atoms with E-state index < -0.39 is 0 Å².